The summed E-state index contributed by atoms with van der Waals surface area (Å²) in [6.07, 6.45) is 0. The van der Waals surface area contributed by atoms with Crippen molar-refractivity contribution in [2.24, 2.45) is 5.73 Å². The van der Waals surface area contributed by atoms with Gasteiger partial charge in [-0.15, -0.1) is 11.8 Å². The molecule has 7 heteroatoms. The number of rotatable bonds is 4. The number of nitrogen functional groups attached to an aromatic ring is 1. The van der Waals surface area contributed by atoms with E-state index in [1.807, 2.05) is 6.07 Å². The Morgan fingerprint density at radius 1 is 1.33 bits per heavy atom. The van der Waals surface area contributed by atoms with Crippen LogP contribution >= 0.6 is 11.8 Å². The number of carbonyl (C=O) groups excluding carboxylic acids is 1. The Balaban J connectivity index is 1.80. The highest BCUT2D eigenvalue weighted by atomic mass is 32.2. The molecule has 0 fully saturated rings. The highest BCUT2D eigenvalue weighted by Crippen LogP contribution is 2.38. The SMILES string of the molecule is CCN1CSc2cc(C(=O)Oc3ccc(C(=N)N)cc3F)ccc21. The minimum Gasteiger partial charge on any atom is -0.420 e. The normalized spacial score (nSPS) is 12.8. The lowest BCUT2D eigenvalue weighted by Gasteiger charge is -2.15. The van der Waals surface area contributed by atoms with Gasteiger partial charge in [0.1, 0.15) is 5.84 Å². The first-order valence-corrected chi connectivity index (χ1v) is 8.36. The Bertz CT molecular complexity index is 825. The summed E-state index contributed by atoms with van der Waals surface area (Å²) in [5.41, 5.74) is 7.00. The maximum absolute atomic E-state index is 14.0. The zero-order chi connectivity index (χ0) is 17.3. The Morgan fingerprint density at radius 3 is 2.75 bits per heavy atom. The summed E-state index contributed by atoms with van der Waals surface area (Å²) in [6, 6.07) is 9.13. The molecule has 3 rings (SSSR count). The monoisotopic (exact) mass is 345 g/mol. The van der Waals surface area contributed by atoms with Crippen LogP contribution in [0, 0.1) is 11.2 Å². The first-order valence-electron chi connectivity index (χ1n) is 7.37. The molecule has 124 valence electrons. The summed E-state index contributed by atoms with van der Waals surface area (Å²) < 4.78 is 19.1. The highest BCUT2D eigenvalue weighted by Gasteiger charge is 2.21. The number of thioether (sulfide) groups is 1. The van der Waals surface area contributed by atoms with Crippen molar-refractivity contribution in [2.75, 3.05) is 17.3 Å². The molecule has 1 aliphatic rings. The average Bonchev–Trinajstić information content (AvgIpc) is 2.98. The van der Waals surface area contributed by atoms with Gasteiger partial charge >= 0.3 is 5.97 Å². The van der Waals surface area contributed by atoms with Crippen molar-refractivity contribution >= 4 is 29.3 Å². The van der Waals surface area contributed by atoms with Crippen molar-refractivity contribution in [1.82, 2.24) is 0 Å². The van der Waals surface area contributed by atoms with Crippen molar-refractivity contribution < 1.29 is 13.9 Å². The molecule has 0 unspecified atom stereocenters. The van der Waals surface area contributed by atoms with Crippen LogP contribution in [0.3, 0.4) is 0 Å². The van der Waals surface area contributed by atoms with E-state index in [9.17, 15) is 9.18 Å². The topological polar surface area (TPSA) is 79.4 Å². The number of nitrogens with zero attached hydrogens (tertiary/aromatic N) is 1. The van der Waals surface area contributed by atoms with E-state index < -0.39 is 11.8 Å². The van der Waals surface area contributed by atoms with Gasteiger partial charge in [-0.25, -0.2) is 9.18 Å². The molecule has 3 N–H and O–H groups in total. The van der Waals surface area contributed by atoms with Gasteiger partial charge in [-0.2, -0.15) is 0 Å². The minimum atomic E-state index is -0.733. The van der Waals surface area contributed by atoms with Gasteiger partial charge in [0.25, 0.3) is 0 Å². The van der Waals surface area contributed by atoms with E-state index in [4.69, 9.17) is 15.9 Å². The summed E-state index contributed by atoms with van der Waals surface area (Å²) in [7, 11) is 0. The van der Waals surface area contributed by atoms with E-state index in [2.05, 4.69) is 11.8 Å². The van der Waals surface area contributed by atoms with E-state index in [1.54, 1.807) is 23.9 Å². The standard InChI is InChI=1S/C17H16FN3O2S/c1-2-21-9-24-15-8-11(3-5-13(15)21)17(22)23-14-6-4-10(16(19)20)7-12(14)18/h3-8H,2,9H2,1H3,(H3,19,20). The predicted octanol–water partition coefficient (Wildman–Crippen LogP) is 3.22. The maximum Gasteiger partial charge on any atom is 0.343 e. The van der Waals surface area contributed by atoms with E-state index in [1.165, 1.54) is 12.1 Å². The van der Waals surface area contributed by atoms with Gasteiger partial charge in [-0.3, -0.25) is 5.41 Å². The maximum atomic E-state index is 14.0. The fourth-order valence-electron chi connectivity index (χ4n) is 2.41. The molecule has 24 heavy (non-hydrogen) atoms. The second kappa shape index (κ2) is 6.52. The van der Waals surface area contributed by atoms with Crippen LogP contribution in [-0.4, -0.2) is 24.2 Å². The zero-order valence-electron chi connectivity index (χ0n) is 13.0. The molecule has 5 nitrogen and oxygen atoms in total. The Morgan fingerprint density at radius 2 is 2.08 bits per heavy atom. The summed E-state index contributed by atoms with van der Waals surface area (Å²) in [5.74, 6) is -0.936. The van der Waals surface area contributed by atoms with E-state index in [-0.39, 0.29) is 17.1 Å². The Kier molecular flexibility index (Phi) is 4.44. The first kappa shape index (κ1) is 16.3. The summed E-state index contributed by atoms with van der Waals surface area (Å²) in [4.78, 5) is 15.5. The van der Waals surface area contributed by atoms with Gasteiger partial charge in [-0.1, -0.05) is 0 Å². The van der Waals surface area contributed by atoms with E-state index in [0.29, 0.717) is 5.56 Å². The molecule has 0 amide bonds. The number of fused-ring (bicyclic) bond motifs is 1. The number of esters is 1. The van der Waals surface area contributed by atoms with E-state index in [0.717, 1.165) is 29.1 Å². The number of hydrogen-bond donors (Lipinski definition) is 2. The van der Waals surface area contributed by atoms with Crippen molar-refractivity contribution in [3.63, 3.8) is 0 Å². The molecule has 0 aromatic heterocycles. The molecule has 0 spiro atoms. The van der Waals surface area contributed by atoms with Gasteiger partial charge < -0.3 is 15.4 Å². The molecule has 2 aromatic carbocycles. The molecule has 1 heterocycles. The number of hydrogen-bond acceptors (Lipinski definition) is 5. The summed E-state index contributed by atoms with van der Waals surface area (Å²) in [6.45, 7) is 2.98. The van der Waals surface area contributed by atoms with Crippen LogP contribution in [0.15, 0.2) is 41.3 Å². The number of ether oxygens (including phenoxy) is 1. The number of nitrogens with two attached hydrogens (primary N) is 1. The number of anilines is 1. The number of halogens is 1. The molecule has 0 bridgehead atoms. The third kappa shape index (κ3) is 3.07. The van der Waals surface area contributed by atoms with Crippen molar-refractivity contribution in [3.05, 3.63) is 53.3 Å². The second-order valence-corrected chi connectivity index (χ2v) is 6.25. The van der Waals surface area contributed by atoms with Crippen LogP contribution < -0.4 is 15.4 Å². The Hall–Kier alpha value is -2.54. The van der Waals surface area contributed by atoms with Crippen LogP contribution in [0.25, 0.3) is 0 Å². The molecule has 0 aliphatic carbocycles. The molecule has 1 aliphatic heterocycles. The zero-order valence-corrected chi connectivity index (χ0v) is 13.8. The van der Waals surface area contributed by atoms with Crippen molar-refractivity contribution in [1.29, 1.82) is 5.41 Å². The van der Waals surface area contributed by atoms with Gasteiger partial charge in [0.05, 0.1) is 17.1 Å². The summed E-state index contributed by atoms with van der Waals surface area (Å²) in [5, 5.41) is 7.28. The van der Waals surface area contributed by atoms with Crippen LogP contribution in [0.4, 0.5) is 10.1 Å². The van der Waals surface area contributed by atoms with Gasteiger partial charge in [-0.05, 0) is 43.3 Å². The molecule has 2 aromatic rings. The minimum absolute atomic E-state index is 0.187. The lowest BCUT2D eigenvalue weighted by molar-refractivity contribution is 0.0727. The number of amidine groups is 1. The fraction of sp³-hybridized carbons (Fsp3) is 0.176. The molecule has 0 radical (unpaired) electrons. The predicted molar refractivity (Wildman–Crippen MR) is 92.6 cm³/mol. The molecule has 0 atom stereocenters. The molecular weight excluding hydrogens is 329 g/mol. The van der Waals surface area contributed by atoms with E-state index >= 15 is 0 Å². The molecule has 0 saturated heterocycles. The Labute approximate surface area is 143 Å². The number of carbonyl (C=O) groups is 1. The summed E-state index contributed by atoms with van der Waals surface area (Å²) >= 11 is 1.65. The number of nitrogens with one attached hydrogen (secondary N) is 1. The van der Waals surface area contributed by atoms with Gasteiger partial charge in [0.2, 0.25) is 0 Å². The van der Waals surface area contributed by atoms with Crippen LogP contribution in [-0.2, 0) is 0 Å². The molecule has 0 saturated carbocycles. The van der Waals surface area contributed by atoms with Gasteiger partial charge in [0.15, 0.2) is 11.6 Å². The second-order valence-electron chi connectivity index (χ2n) is 5.26. The van der Waals surface area contributed by atoms with Crippen LogP contribution in [0.1, 0.15) is 22.8 Å². The number of benzene rings is 2. The highest BCUT2D eigenvalue weighted by molar-refractivity contribution is 7.99. The van der Waals surface area contributed by atoms with Crippen molar-refractivity contribution in [2.45, 2.75) is 11.8 Å². The third-order valence-corrected chi connectivity index (χ3v) is 4.82. The largest absolute Gasteiger partial charge is 0.420 e. The fourth-order valence-corrected chi connectivity index (χ4v) is 3.58. The van der Waals surface area contributed by atoms with Gasteiger partial charge in [0, 0.05) is 17.0 Å². The quantitative estimate of drug-likeness (QED) is 0.385. The third-order valence-electron chi connectivity index (χ3n) is 3.74. The van der Waals surface area contributed by atoms with Crippen LogP contribution in [0.5, 0.6) is 5.75 Å². The average molecular weight is 345 g/mol. The first-order chi connectivity index (χ1) is 11.5. The lowest BCUT2D eigenvalue weighted by atomic mass is 10.2. The smallest absolute Gasteiger partial charge is 0.343 e. The van der Waals surface area contributed by atoms with Crippen molar-refractivity contribution in [3.8, 4) is 5.75 Å². The van der Waals surface area contributed by atoms with Crippen LogP contribution in [0.2, 0.25) is 0 Å². The molecular formula is C17H16FN3O2S. The lowest BCUT2D eigenvalue weighted by Crippen LogP contribution is -2.17.